The first-order chi connectivity index (χ1) is 14.0. The topological polar surface area (TPSA) is 65.8 Å². The van der Waals surface area contributed by atoms with Crippen molar-refractivity contribution < 1.29 is 18.0 Å². The van der Waals surface area contributed by atoms with Crippen LogP contribution in [0.25, 0.3) is 0 Å². The Morgan fingerprint density at radius 3 is 2.57 bits per heavy atom. The van der Waals surface area contributed by atoms with Gasteiger partial charge in [-0.2, -0.15) is 23.4 Å². The van der Waals surface area contributed by atoms with Crippen LogP contribution in [-0.4, -0.2) is 18.1 Å². The maximum atomic E-state index is 13.5. The van der Waals surface area contributed by atoms with Crippen LogP contribution in [0.5, 0.6) is 0 Å². The average Bonchev–Trinajstić information content (AvgIpc) is 3.13. The number of hydrogen-bond donors (Lipinski definition) is 2. The second kappa shape index (κ2) is 6.68. The summed E-state index contributed by atoms with van der Waals surface area (Å²) in [4.78, 5) is 13.4. The van der Waals surface area contributed by atoms with E-state index in [1.807, 2.05) is 27.7 Å². The average molecular weight is 418 g/mol. The quantitative estimate of drug-likeness (QED) is 0.723. The molecule has 0 fully saturated rings. The van der Waals surface area contributed by atoms with Gasteiger partial charge in [-0.05, 0) is 23.5 Å². The fourth-order valence-corrected chi connectivity index (χ4v) is 4.74. The van der Waals surface area contributed by atoms with Crippen molar-refractivity contribution in [3.05, 3.63) is 58.4 Å². The molecule has 1 aromatic rings. The number of amides is 1. The molecule has 0 radical (unpaired) electrons. The summed E-state index contributed by atoms with van der Waals surface area (Å²) in [6.07, 6.45) is -2.40. The molecule has 0 bridgehead atoms. The van der Waals surface area contributed by atoms with Crippen LogP contribution in [0.15, 0.2) is 57.5 Å². The fourth-order valence-electron chi connectivity index (χ4n) is 4.74. The molecule has 3 aliphatic rings. The van der Waals surface area contributed by atoms with Gasteiger partial charge in [0.25, 0.3) is 0 Å². The minimum atomic E-state index is -4.47. The van der Waals surface area contributed by atoms with Gasteiger partial charge >= 0.3 is 6.18 Å². The Balaban J connectivity index is 1.94. The number of azo groups is 1. The number of fused-ring (bicyclic) bond motifs is 1. The molecular formula is C22H25F3N4O. The van der Waals surface area contributed by atoms with Gasteiger partial charge < -0.3 is 10.6 Å². The zero-order chi connectivity index (χ0) is 21.9. The molecule has 1 aromatic carbocycles. The molecule has 1 amide bonds. The summed E-state index contributed by atoms with van der Waals surface area (Å²) in [7, 11) is 0. The highest BCUT2D eigenvalue weighted by Crippen LogP contribution is 2.51. The van der Waals surface area contributed by atoms with Crippen molar-refractivity contribution in [3.8, 4) is 0 Å². The molecule has 0 saturated carbocycles. The molecule has 2 N–H and O–H groups in total. The van der Waals surface area contributed by atoms with E-state index in [1.54, 1.807) is 12.3 Å². The SMILES string of the molecule is CC[C@@]1(c2cccc(C(F)(F)F)c2)C2=CN=NC2NC2=C1C(=O)N[C@H](C(C)(C)C)C2. The van der Waals surface area contributed by atoms with Crippen LogP contribution >= 0.6 is 0 Å². The lowest BCUT2D eigenvalue weighted by Crippen LogP contribution is -2.57. The minimum absolute atomic E-state index is 0.101. The van der Waals surface area contributed by atoms with Crippen molar-refractivity contribution >= 4 is 5.91 Å². The Bertz CT molecular complexity index is 987. The largest absolute Gasteiger partial charge is 0.416 e. The van der Waals surface area contributed by atoms with Gasteiger partial charge in [0.2, 0.25) is 5.91 Å². The van der Waals surface area contributed by atoms with E-state index in [-0.39, 0.29) is 17.4 Å². The fraction of sp³-hybridized carbons (Fsp3) is 0.500. The van der Waals surface area contributed by atoms with E-state index in [9.17, 15) is 18.0 Å². The van der Waals surface area contributed by atoms with Crippen molar-refractivity contribution in [3.63, 3.8) is 0 Å². The molecule has 0 aliphatic carbocycles. The van der Waals surface area contributed by atoms with Crippen molar-refractivity contribution in [2.45, 2.75) is 64.3 Å². The number of halogens is 3. The molecule has 3 aliphatic heterocycles. The monoisotopic (exact) mass is 418 g/mol. The second-order valence-corrected chi connectivity index (χ2v) is 9.15. The smallest absolute Gasteiger partial charge is 0.362 e. The molecule has 4 rings (SSSR count). The van der Waals surface area contributed by atoms with E-state index in [4.69, 9.17) is 0 Å². The maximum Gasteiger partial charge on any atom is 0.416 e. The van der Waals surface area contributed by atoms with Gasteiger partial charge in [-0.1, -0.05) is 45.9 Å². The molecule has 0 saturated heterocycles. The minimum Gasteiger partial charge on any atom is -0.362 e. The number of carbonyl (C=O) groups is 1. The van der Waals surface area contributed by atoms with Crippen LogP contribution in [-0.2, 0) is 16.4 Å². The van der Waals surface area contributed by atoms with E-state index < -0.39 is 23.3 Å². The number of nitrogens with one attached hydrogen (secondary N) is 2. The third-order valence-electron chi connectivity index (χ3n) is 6.40. The molecule has 0 spiro atoms. The Morgan fingerprint density at radius 1 is 1.20 bits per heavy atom. The Morgan fingerprint density at radius 2 is 1.93 bits per heavy atom. The summed E-state index contributed by atoms with van der Waals surface area (Å²) in [5, 5.41) is 14.7. The normalized spacial score (nSPS) is 28.5. The third-order valence-corrected chi connectivity index (χ3v) is 6.40. The van der Waals surface area contributed by atoms with Gasteiger partial charge in [0.05, 0.1) is 22.8 Å². The summed E-state index contributed by atoms with van der Waals surface area (Å²) in [6.45, 7) is 8.03. The van der Waals surface area contributed by atoms with Gasteiger partial charge in [0.15, 0.2) is 6.17 Å². The highest BCUT2D eigenvalue weighted by molar-refractivity contribution is 5.99. The predicted molar refractivity (Wildman–Crippen MR) is 106 cm³/mol. The summed E-state index contributed by atoms with van der Waals surface area (Å²) in [5.41, 5.74) is 0.410. The Kier molecular flexibility index (Phi) is 4.60. The lowest BCUT2D eigenvalue weighted by Gasteiger charge is -2.48. The van der Waals surface area contributed by atoms with Crippen LogP contribution in [0.4, 0.5) is 13.2 Å². The van der Waals surface area contributed by atoms with Crippen LogP contribution in [0, 0.1) is 5.41 Å². The molecule has 1 unspecified atom stereocenters. The van der Waals surface area contributed by atoms with E-state index >= 15 is 0 Å². The van der Waals surface area contributed by atoms with E-state index in [0.717, 1.165) is 17.8 Å². The van der Waals surface area contributed by atoms with E-state index in [1.165, 1.54) is 6.07 Å². The standard InChI is InChI=1S/C22H25F3N4O/c1-5-21(12-7-6-8-13(9-12)22(23,24)25)14-11-26-29-18(14)27-15-10-16(20(2,3)4)28-19(30)17(15)21/h6-9,11,16,18,27H,5,10H2,1-4H3,(H,28,30)/t16-,18?,21+/m0/s1. The third kappa shape index (κ3) is 3.04. The first-order valence-corrected chi connectivity index (χ1v) is 10.1. The van der Waals surface area contributed by atoms with Crippen LogP contribution < -0.4 is 10.6 Å². The molecule has 0 aromatic heterocycles. The first-order valence-electron chi connectivity index (χ1n) is 10.1. The Labute approximate surface area is 173 Å². The number of hydrogen-bond acceptors (Lipinski definition) is 4. The first kappa shape index (κ1) is 20.6. The molecule has 160 valence electrons. The van der Waals surface area contributed by atoms with Crippen molar-refractivity contribution in [1.29, 1.82) is 0 Å². The lowest BCUT2D eigenvalue weighted by molar-refractivity contribution is -0.137. The van der Waals surface area contributed by atoms with Gasteiger partial charge in [-0.3, -0.25) is 4.79 Å². The molecule has 30 heavy (non-hydrogen) atoms. The summed E-state index contributed by atoms with van der Waals surface area (Å²) < 4.78 is 40.4. The summed E-state index contributed by atoms with van der Waals surface area (Å²) in [5.74, 6) is -0.255. The van der Waals surface area contributed by atoms with Crippen LogP contribution in [0.2, 0.25) is 0 Å². The highest BCUT2D eigenvalue weighted by Gasteiger charge is 2.53. The van der Waals surface area contributed by atoms with Crippen molar-refractivity contribution in [2.24, 2.45) is 15.6 Å². The number of benzene rings is 1. The second-order valence-electron chi connectivity index (χ2n) is 9.15. The van der Waals surface area contributed by atoms with Crippen molar-refractivity contribution in [2.75, 3.05) is 0 Å². The molecule has 3 atom stereocenters. The van der Waals surface area contributed by atoms with Gasteiger partial charge in [-0.25, -0.2) is 0 Å². The zero-order valence-corrected chi connectivity index (χ0v) is 17.4. The molecule has 8 heteroatoms. The van der Waals surface area contributed by atoms with E-state index in [2.05, 4.69) is 20.9 Å². The lowest BCUT2D eigenvalue weighted by atomic mass is 9.62. The van der Waals surface area contributed by atoms with E-state index in [0.29, 0.717) is 29.6 Å². The van der Waals surface area contributed by atoms with Crippen LogP contribution in [0.1, 0.15) is 51.7 Å². The molecular weight excluding hydrogens is 393 g/mol. The maximum absolute atomic E-state index is 13.5. The van der Waals surface area contributed by atoms with Crippen LogP contribution in [0.3, 0.4) is 0 Å². The van der Waals surface area contributed by atoms with Gasteiger partial charge in [-0.15, -0.1) is 0 Å². The van der Waals surface area contributed by atoms with Crippen molar-refractivity contribution in [1.82, 2.24) is 10.6 Å². The molecule has 3 heterocycles. The molecule has 5 nitrogen and oxygen atoms in total. The number of rotatable bonds is 2. The number of nitrogens with zero attached hydrogens (tertiary/aromatic N) is 2. The van der Waals surface area contributed by atoms with Gasteiger partial charge in [0.1, 0.15) is 0 Å². The Hall–Kier alpha value is -2.64. The summed E-state index contributed by atoms with van der Waals surface area (Å²) in [6, 6.07) is 5.16. The zero-order valence-electron chi connectivity index (χ0n) is 17.4. The number of alkyl halides is 3. The number of carbonyl (C=O) groups excluding carboxylic acids is 1. The predicted octanol–water partition coefficient (Wildman–Crippen LogP) is 4.82. The summed E-state index contributed by atoms with van der Waals surface area (Å²) >= 11 is 0. The van der Waals surface area contributed by atoms with Gasteiger partial charge in [0, 0.05) is 23.7 Å². The highest BCUT2D eigenvalue weighted by atomic mass is 19.4.